The lowest BCUT2D eigenvalue weighted by Crippen LogP contribution is -2.36. The second-order valence-corrected chi connectivity index (χ2v) is 8.52. The van der Waals surface area contributed by atoms with Crippen molar-refractivity contribution in [3.63, 3.8) is 0 Å². The molecule has 0 N–H and O–H groups in total. The number of amides is 3. The van der Waals surface area contributed by atoms with Gasteiger partial charge >= 0.3 is 0 Å². The quantitative estimate of drug-likeness (QED) is 0.742. The smallest absolute Gasteiger partial charge is 0.233 e. The minimum Gasteiger partial charge on any atom is -0.339 e. The minimum absolute atomic E-state index is 0.0775. The number of carbonyl (C=O) groups excluding carboxylic acids is 3. The van der Waals surface area contributed by atoms with Crippen LogP contribution in [0.3, 0.4) is 0 Å². The average molecular weight is 385 g/mol. The number of hydrogen-bond donors (Lipinski definition) is 0. The molecule has 142 valence electrons. The SMILES string of the molecule is CN(Cc1nc2ccccc2s1)C(=O)CCN1C(=O)[C@H]2CCCC[C@@H]2C1=O. The van der Waals surface area contributed by atoms with Crippen molar-refractivity contribution in [1.82, 2.24) is 14.8 Å². The highest BCUT2D eigenvalue weighted by atomic mass is 32.1. The molecule has 2 aliphatic rings. The molecule has 1 aliphatic heterocycles. The summed E-state index contributed by atoms with van der Waals surface area (Å²) in [5, 5.41) is 0.881. The molecule has 1 aliphatic carbocycles. The molecule has 27 heavy (non-hydrogen) atoms. The third-order valence-corrected chi connectivity index (χ3v) is 6.64. The van der Waals surface area contributed by atoms with Crippen LogP contribution in [0.15, 0.2) is 24.3 Å². The lowest BCUT2D eigenvalue weighted by Gasteiger charge is -2.19. The van der Waals surface area contributed by atoms with Crippen LogP contribution < -0.4 is 0 Å². The Labute approximate surface area is 162 Å². The van der Waals surface area contributed by atoms with Crippen LogP contribution in [0.5, 0.6) is 0 Å². The Morgan fingerprint density at radius 3 is 2.52 bits per heavy atom. The van der Waals surface area contributed by atoms with Crippen LogP contribution in [0, 0.1) is 11.8 Å². The first-order chi connectivity index (χ1) is 13.0. The third kappa shape index (κ3) is 3.48. The molecule has 1 saturated carbocycles. The fourth-order valence-corrected chi connectivity index (χ4v) is 5.15. The molecule has 2 fully saturated rings. The molecule has 2 heterocycles. The molecule has 1 aromatic heterocycles. The molecule has 0 radical (unpaired) electrons. The molecule has 1 aromatic carbocycles. The van der Waals surface area contributed by atoms with E-state index in [-0.39, 0.29) is 42.5 Å². The number of thiazole rings is 1. The van der Waals surface area contributed by atoms with Crippen LogP contribution in [-0.2, 0) is 20.9 Å². The molecule has 6 nitrogen and oxygen atoms in total. The minimum atomic E-state index is -0.151. The van der Waals surface area contributed by atoms with E-state index in [2.05, 4.69) is 4.98 Å². The number of para-hydroxylation sites is 1. The standard InChI is InChI=1S/C20H23N3O3S/c1-22(12-17-21-15-8-4-5-9-16(15)27-17)18(24)10-11-23-19(25)13-6-2-3-7-14(13)20(23)26/h4-5,8-9,13-14H,2-3,6-7,10-12H2,1H3/t13-,14-/m0/s1. The van der Waals surface area contributed by atoms with Gasteiger partial charge in [-0.05, 0) is 25.0 Å². The number of carbonyl (C=O) groups is 3. The second-order valence-electron chi connectivity index (χ2n) is 7.40. The van der Waals surface area contributed by atoms with Crippen molar-refractivity contribution >= 4 is 39.3 Å². The van der Waals surface area contributed by atoms with Crippen molar-refractivity contribution < 1.29 is 14.4 Å². The van der Waals surface area contributed by atoms with E-state index < -0.39 is 0 Å². The van der Waals surface area contributed by atoms with Gasteiger partial charge in [-0.1, -0.05) is 25.0 Å². The molecule has 1 saturated heterocycles. The first kappa shape index (κ1) is 18.1. The van der Waals surface area contributed by atoms with Crippen molar-refractivity contribution in [3.05, 3.63) is 29.3 Å². The molecule has 0 bridgehead atoms. The maximum Gasteiger partial charge on any atom is 0.233 e. The highest BCUT2D eigenvalue weighted by molar-refractivity contribution is 7.18. The highest BCUT2D eigenvalue weighted by Gasteiger charge is 2.47. The van der Waals surface area contributed by atoms with E-state index in [4.69, 9.17) is 0 Å². The number of aromatic nitrogens is 1. The van der Waals surface area contributed by atoms with Crippen LogP contribution in [0.1, 0.15) is 37.1 Å². The molecular weight excluding hydrogens is 362 g/mol. The summed E-state index contributed by atoms with van der Waals surface area (Å²) in [6, 6.07) is 7.90. The fourth-order valence-electron chi connectivity index (χ4n) is 4.13. The summed E-state index contributed by atoms with van der Waals surface area (Å²) in [6.45, 7) is 0.624. The summed E-state index contributed by atoms with van der Waals surface area (Å²) in [6.07, 6.45) is 3.79. The predicted molar refractivity (Wildman–Crippen MR) is 103 cm³/mol. The summed E-state index contributed by atoms with van der Waals surface area (Å²) in [5.74, 6) is -0.536. The van der Waals surface area contributed by atoms with Gasteiger partial charge in [-0.25, -0.2) is 4.98 Å². The van der Waals surface area contributed by atoms with Crippen molar-refractivity contribution in [3.8, 4) is 0 Å². The van der Waals surface area contributed by atoms with Gasteiger partial charge in [-0.15, -0.1) is 11.3 Å². The summed E-state index contributed by atoms with van der Waals surface area (Å²) < 4.78 is 1.10. The number of nitrogens with zero attached hydrogens (tertiary/aromatic N) is 3. The lowest BCUT2D eigenvalue weighted by molar-refractivity contribution is -0.140. The van der Waals surface area contributed by atoms with E-state index in [1.807, 2.05) is 24.3 Å². The van der Waals surface area contributed by atoms with Crippen molar-refractivity contribution in [2.45, 2.75) is 38.6 Å². The zero-order valence-corrected chi connectivity index (χ0v) is 16.2. The second kappa shape index (κ2) is 7.38. The van der Waals surface area contributed by atoms with Gasteiger partial charge in [0.2, 0.25) is 17.7 Å². The molecule has 0 spiro atoms. The molecular formula is C20H23N3O3S. The summed E-state index contributed by atoms with van der Waals surface area (Å²) >= 11 is 1.58. The Morgan fingerprint density at radius 2 is 1.85 bits per heavy atom. The number of benzene rings is 1. The van der Waals surface area contributed by atoms with E-state index >= 15 is 0 Å². The Morgan fingerprint density at radius 1 is 1.19 bits per heavy atom. The molecule has 4 rings (SSSR count). The maximum absolute atomic E-state index is 12.5. The Balaban J connectivity index is 1.34. The van der Waals surface area contributed by atoms with Crippen LogP contribution >= 0.6 is 11.3 Å². The number of imide groups is 1. The number of fused-ring (bicyclic) bond motifs is 2. The van der Waals surface area contributed by atoms with Gasteiger partial charge in [0.1, 0.15) is 5.01 Å². The van der Waals surface area contributed by atoms with Gasteiger partial charge in [0.25, 0.3) is 0 Å². The van der Waals surface area contributed by atoms with Crippen molar-refractivity contribution in [1.29, 1.82) is 0 Å². The summed E-state index contributed by atoms with van der Waals surface area (Å²) in [4.78, 5) is 45.0. The van der Waals surface area contributed by atoms with E-state index in [0.29, 0.717) is 6.54 Å². The highest BCUT2D eigenvalue weighted by Crippen LogP contribution is 2.38. The number of hydrogen-bond acceptors (Lipinski definition) is 5. The molecule has 2 aromatic rings. The Bertz CT molecular complexity index is 836. The fraction of sp³-hybridized carbons (Fsp3) is 0.500. The van der Waals surface area contributed by atoms with E-state index in [1.165, 1.54) is 4.90 Å². The van der Waals surface area contributed by atoms with Gasteiger partial charge < -0.3 is 4.90 Å². The molecule has 2 atom stereocenters. The summed E-state index contributed by atoms with van der Waals surface area (Å²) in [7, 11) is 1.74. The lowest BCUT2D eigenvalue weighted by atomic mass is 9.81. The first-order valence-electron chi connectivity index (χ1n) is 9.48. The van der Waals surface area contributed by atoms with Crippen molar-refractivity contribution in [2.75, 3.05) is 13.6 Å². The largest absolute Gasteiger partial charge is 0.339 e. The Hall–Kier alpha value is -2.28. The number of rotatable bonds is 5. The number of likely N-dealkylation sites (tertiary alicyclic amines) is 1. The topological polar surface area (TPSA) is 70.6 Å². The zero-order chi connectivity index (χ0) is 19.0. The van der Waals surface area contributed by atoms with Crippen LogP contribution in [0.25, 0.3) is 10.2 Å². The van der Waals surface area contributed by atoms with Gasteiger partial charge in [-0.2, -0.15) is 0 Å². The summed E-state index contributed by atoms with van der Waals surface area (Å²) in [5.41, 5.74) is 0.939. The van der Waals surface area contributed by atoms with Gasteiger partial charge in [-0.3, -0.25) is 19.3 Å². The van der Waals surface area contributed by atoms with Crippen molar-refractivity contribution in [2.24, 2.45) is 11.8 Å². The predicted octanol–water partition coefficient (Wildman–Crippen LogP) is 2.82. The van der Waals surface area contributed by atoms with Crippen LogP contribution in [-0.4, -0.2) is 46.1 Å². The van der Waals surface area contributed by atoms with E-state index in [9.17, 15) is 14.4 Å². The zero-order valence-electron chi connectivity index (χ0n) is 15.4. The normalized spacial score (nSPS) is 22.3. The monoisotopic (exact) mass is 385 g/mol. The van der Waals surface area contributed by atoms with Gasteiger partial charge in [0, 0.05) is 20.0 Å². The van der Waals surface area contributed by atoms with Crippen LogP contribution in [0.2, 0.25) is 0 Å². The van der Waals surface area contributed by atoms with E-state index in [1.54, 1.807) is 23.3 Å². The molecule has 0 unspecified atom stereocenters. The maximum atomic E-state index is 12.5. The molecule has 3 amide bonds. The van der Waals surface area contributed by atoms with Gasteiger partial charge in [0.05, 0.1) is 28.6 Å². The third-order valence-electron chi connectivity index (χ3n) is 5.62. The molecule has 7 heteroatoms. The Kier molecular flexibility index (Phi) is 4.95. The van der Waals surface area contributed by atoms with E-state index in [0.717, 1.165) is 40.9 Å². The van der Waals surface area contributed by atoms with Gasteiger partial charge in [0.15, 0.2) is 0 Å². The average Bonchev–Trinajstić information content (AvgIpc) is 3.19. The first-order valence-corrected chi connectivity index (χ1v) is 10.3. The van der Waals surface area contributed by atoms with Crippen LogP contribution in [0.4, 0.5) is 0 Å².